The maximum Gasteiger partial charge on any atom is 0.433 e. The molecule has 3 rings (SSSR count). The summed E-state index contributed by atoms with van der Waals surface area (Å²) in [4.78, 5) is 26.1. The van der Waals surface area contributed by atoms with Crippen LogP contribution in [0.2, 0.25) is 10.0 Å². The quantitative estimate of drug-likeness (QED) is 0.511. The Labute approximate surface area is 149 Å². The predicted octanol–water partition coefficient (Wildman–Crippen LogP) is 4.87. The fourth-order valence-electron chi connectivity index (χ4n) is 1.86. The molecule has 0 saturated heterocycles. The van der Waals surface area contributed by atoms with Gasteiger partial charge in [-0.2, -0.15) is 0 Å². The molecule has 0 bridgehead atoms. The van der Waals surface area contributed by atoms with Crippen LogP contribution in [0.1, 0.15) is 10.6 Å². The summed E-state index contributed by atoms with van der Waals surface area (Å²) in [7, 11) is 0. The van der Waals surface area contributed by atoms with Gasteiger partial charge in [-0.1, -0.05) is 23.2 Å². The molecule has 2 heterocycles. The molecule has 24 heavy (non-hydrogen) atoms. The Kier molecular flexibility index (Phi) is 4.52. The number of furan rings is 1. The summed E-state index contributed by atoms with van der Waals surface area (Å²) >= 11 is 13.2. The first-order valence-electron chi connectivity index (χ1n) is 6.40. The summed E-state index contributed by atoms with van der Waals surface area (Å²) < 4.78 is 4.83. The van der Waals surface area contributed by atoms with E-state index in [-0.39, 0.29) is 5.76 Å². The van der Waals surface area contributed by atoms with E-state index >= 15 is 0 Å². The lowest BCUT2D eigenvalue weighted by molar-refractivity contribution is -0.402. The maximum absolute atomic E-state index is 12.0. The van der Waals surface area contributed by atoms with Crippen molar-refractivity contribution in [2.75, 3.05) is 5.32 Å². The normalized spacial score (nSPS) is 10.6. The van der Waals surface area contributed by atoms with Crippen molar-refractivity contribution in [2.24, 2.45) is 0 Å². The number of carbonyl (C=O) groups excluding carboxylic acids is 1. The number of thiazole rings is 1. The lowest BCUT2D eigenvalue weighted by Crippen LogP contribution is -2.10. The Bertz CT molecular complexity index is 938. The number of anilines is 1. The minimum Gasteiger partial charge on any atom is -0.395 e. The van der Waals surface area contributed by atoms with Crippen molar-refractivity contribution < 1.29 is 14.1 Å². The molecule has 10 heteroatoms. The maximum atomic E-state index is 12.0. The van der Waals surface area contributed by atoms with Gasteiger partial charge in [-0.05, 0) is 24.3 Å². The van der Waals surface area contributed by atoms with Crippen LogP contribution in [-0.4, -0.2) is 15.8 Å². The second-order valence-corrected chi connectivity index (χ2v) is 6.21. The number of halogens is 2. The number of amides is 1. The third kappa shape index (κ3) is 3.40. The zero-order valence-electron chi connectivity index (χ0n) is 11.7. The number of rotatable bonds is 4. The average molecular weight is 384 g/mol. The molecular weight excluding hydrogens is 377 g/mol. The van der Waals surface area contributed by atoms with Gasteiger partial charge in [-0.3, -0.25) is 20.2 Å². The van der Waals surface area contributed by atoms with Gasteiger partial charge in [-0.25, -0.2) is 4.98 Å². The van der Waals surface area contributed by atoms with Crippen molar-refractivity contribution in [3.8, 4) is 11.3 Å². The van der Waals surface area contributed by atoms with E-state index < -0.39 is 16.7 Å². The number of benzene rings is 1. The molecule has 1 N–H and O–H groups in total. The number of aromatic nitrogens is 1. The summed E-state index contributed by atoms with van der Waals surface area (Å²) in [5.74, 6) is -1.32. The lowest BCUT2D eigenvalue weighted by Gasteiger charge is -2.01. The van der Waals surface area contributed by atoms with E-state index in [4.69, 9.17) is 27.6 Å². The fraction of sp³-hybridized carbons (Fsp3) is 0. The molecule has 1 amide bonds. The van der Waals surface area contributed by atoms with E-state index in [1.54, 1.807) is 23.6 Å². The zero-order valence-corrected chi connectivity index (χ0v) is 14.0. The van der Waals surface area contributed by atoms with Gasteiger partial charge in [-0.15, -0.1) is 11.3 Å². The molecule has 122 valence electrons. The number of nitrogens with one attached hydrogen (secondary N) is 1. The van der Waals surface area contributed by atoms with E-state index in [0.717, 1.165) is 6.07 Å². The standard InChI is InChI=1S/C14H7Cl2N3O4S/c15-7-1-2-8(9(16)5-7)10-6-24-14(17-10)18-13(20)11-3-4-12(23-11)19(21)22/h1-6H,(H,17,18,20). The second-order valence-electron chi connectivity index (χ2n) is 4.51. The summed E-state index contributed by atoms with van der Waals surface area (Å²) in [6.07, 6.45) is 0. The van der Waals surface area contributed by atoms with Crippen molar-refractivity contribution in [3.05, 3.63) is 61.6 Å². The minimum absolute atomic E-state index is 0.178. The fourth-order valence-corrected chi connectivity index (χ4v) is 3.07. The van der Waals surface area contributed by atoms with Crippen LogP contribution >= 0.6 is 34.5 Å². The molecule has 0 radical (unpaired) electrons. The van der Waals surface area contributed by atoms with Gasteiger partial charge >= 0.3 is 5.88 Å². The highest BCUT2D eigenvalue weighted by Crippen LogP contribution is 2.32. The Morgan fingerprint density at radius 3 is 2.75 bits per heavy atom. The highest BCUT2D eigenvalue weighted by Gasteiger charge is 2.18. The summed E-state index contributed by atoms with van der Waals surface area (Å²) in [5.41, 5.74) is 1.24. The van der Waals surface area contributed by atoms with Crippen LogP contribution in [0.25, 0.3) is 11.3 Å². The Hall–Kier alpha value is -2.42. The van der Waals surface area contributed by atoms with Gasteiger partial charge in [0.25, 0.3) is 5.91 Å². The summed E-state index contributed by atoms with van der Waals surface area (Å²) in [6, 6.07) is 7.33. The molecule has 0 atom stereocenters. The SMILES string of the molecule is O=C(Nc1nc(-c2ccc(Cl)cc2Cl)cs1)c1ccc([N+](=O)[O-])o1. The Morgan fingerprint density at radius 1 is 1.29 bits per heavy atom. The molecule has 0 aliphatic carbocycles. The first kappa shape index (κ1) is 16.4. The largest absolute Gasteiger partial charge is 0.433 e. The number of nitro groups is 1. The number of carbonyl (C=O) groups is 1. The number of nitrogens with zero attached hydrogens (tertiary/aromatic N) is 2. The van der Waals surface area contributed by atoms with Crippen molar-refractivity contribution in [1.82, 2.24) is 4.98 Å². The smallest absolute Gasteiger partial charge is 0.395 e. The second kappa shape index (κ2) is 6.60. The number of hydrogen-bond donors (Lipinski definition) is 1. The first-order chi connectivity index (χ1) is 11.4. The predicted molar refractivity (Wildman–Crippen MR) is 90.9 cm³/mol. The molecule has 0 spiro atoms. The van der Waals surface area contributed by atoms with Crippen molar-refractivity contribution in [2.45, 2.75) is 0 Å². The average Bonchev–Trinajstić information content (AvgIpc) is 3.16. The molecule has 0 unspecified atom stereocenters. The molecule has 2 aromatic heterocycles. The minimum atomic E-state index is -0.721. The molecule has 0 aliphatic heterocycles. The van der Waals surface area contributed by atoms with Crippen LogP contribution in [0.3, 0.4) is 0 Å². The van der Waals surface area contributed by atoms with Crippen LogP contribution in [0.5, 0.6) is 0 Å². The monoisotopic (exact) mass is 383 g/mol. The topological polar surface area (TPSA) is 98.3 Å². The van der Waals surface area contributed by atoms with Gasteiger partial charge in [0, 0.05) is 16.0 Å². The molecule has 0 fully saturated rings. The first-order valence-corrected chi connectivity index (χ1v) is 8.04. The van der Waals surface area contributed by atoms with Crippen molar-refractivity contribution in [1.29, 1.82) is 0 Å². The molecule has 0 aliphatic rings. The molecule has 0 saturated carbocycles. The molecule has 3 aromatic rings. The van der Waals surface area contributed by atoms with Crippen LogP contribution in [0.4, 0.5) is 11.0 Å². The van der Waals surface area contributed by atoms with Crippen LogP contribution in [0.15, 0.2) is 40.1 Å². The van der Waals surface area contributed by atoms with E-state index in [1.165, 1.54) is 17.4 Å². The van der Waals surface area contributed by atoms with E-state index in [0.29, 0.717) is 26.4 Å². The van der Waals surface area contributed by atoms with Crippen LogP contribution < -0.4 is 5.32 Å². The van der Waals surface area contributed by atoms with Gasteiger partial charge in [0.1, 0.15) is 4.92 Å². The van der Waals surface area contributed by atoms with Gasteiger partial charge in [0.15, 0.2) is 10.9 Å². The Balaban J connectivity index is 1.78. The van der Waals surface area contributed by atoms with Gasteiger partial charge in [0.2, 0.25) is 0 Å². The molecule has 1 aromatic carbocycles. The summed E-state index contributed by atoms with van der Waals surface area (Å²) in [5, 5.41) is 16.0. The Morgan fingerprint density at radius 2 is 2.08 bits per heavy atom. The highest BCUT2D eigenvalue weighted by atomic mass is 35.5. The van der Waals surface area contributed by atoms with E-state index in [2.05, 4.69) is 10.3 Å². The van der Waals surface area contributed by atoms with Gasteiger partial charge < -0.3 is 4.42 Å². The lowest BCUT2D eigenvalue weighted by atomic mass is 10.2. The van der Waals surface area contributed by atoms with E-state index in [1.807, 2.05) is 0 Å². The third-order valence-electron chi connectivity index (χ3n) is 2.93. The third-order valence-corrected chi connectivity index (χ3v) is 4.23. The zero-order chi connectivity index (χ0) is 17.3. The van der Waals surface area contributed by atoms with Crippen molar-refractivity contribution >= 4 is 51.5 Å². The van der Waals surface area contributed by atoms with Crippen molar-refractivity contribution in [3.63, 3.8) is 0 Å². The molecule has 7 nitrogen and oxygen atoms in total. The van der Waals surface area contributed by atoms with Crippen LogP contribution in [0, 0.1) is 10.1 Å². The van der Waals surface area contributed by atoms with Crippen LogP contribution in [-0.2, 0) is 0 Å². The number of hydrogen-bond acceptors (Lipinski definition) is 6. The molecular formula is C14H7Cl2N3O4S. The van der Waals surface area contributed by atoms with E-state index in [9.17, 15) is 14.9 Å². The highest BCUT2D eigenvalue weighted by molar-refractivity contribution is 7.14. The summed E-state index contributed by atoms with van der Waals surface area (Å²) in [6.45, 7) is 0. The van der Waals surface area contributed by atoms with Gasteiger partial charge in [0.05, 0.1) is 16.8 Å².